The molecule has 0 aliphatic heterocycles. The monoisotopic (exact) mass is 458 g/mol. The SMILES string of the molecule is COc1cc(C(=O)NC2CC2)ccc1-c1cnc2c(NCCCN)nc(Br)cn12. The standard InChI is InChI=1S/C20H23BrN6O2/c1-29-16-9-12(20(28)25-13-4-5-13)3-6-14(16)15-10-24-19-18(23-8-2-7-22)26-17(21)11-27(15)19/h3,6,9-11,13H,2,4-5,7-8,22H2,1H3,(H,23,26)(H,25,28). The summed E-state index contributed by atoms with van der Waals surface area (Å²) in [6.45, 7) is 1.32. The molecule has 29 heavy (non-hydrogen) atoms. The van der Waals surface area contributed by atoms with E-state index in [2.05, 4.69) is 36.5 Å². The summed E-state index contributed by atoms with van der Waals surface area (Å²) < 4.78 is 8.22. The molecule has 0 unspecified atom stereocenters. The number of fused-ring (bicyclic) bond motifs is 1. The third-order valence-electron chi connectivity index (χ3n) is 4.79. The highest BCUT2D eigenvalue weighted by molar-refractivity contribution is 9.10. The van der Waals surface area contributed by atoms with Crippen LogP contribution in [0.5, 0.6) is 5.75 Å². The van der Waals surface area contributed by atoms with Crippen LogP contribution in [0.1, 0.15) is 29.6 Å². The maximum Gasteiger partial charge on any atom is 0.251 e. The third-order valence-corrected chi connectivity index (χ3v) is 5.17. The summed E-state index contributed by atoms with van der Waals surface area (Å²) >= 11 is 3.47. The Hall–Kier alpha value is -2.65. The van der Waals surface area contributed by atoms with Gasteiger partial charge in [0.25, 0.3) is 5.91 Å². The van der Waals surface area contributed by atoms with Crippen molar-refractivity contribution in [2.75, 3.05) is 25.5 Å². The molecule has 4 rings (SSSR count). The quantitative estimate of drug-likeness (QED) is 0.448. The normalized spacial score (nSPS) is 13.5. The van der Waals surface area contributed by atoms with E-state index in [1.165, 1.54) is 0 Å². The van der Waals surface area contributed by atoms with E-state index in [4.69, 9.17) is 10.5 Å². The van der Waals surface area contributed by atoms with Crippen LogP contribution in [-0.4, -0.2) is 46.5 Å². The van der Waals surface area contributed by atoms with Crippen molar-refractivity contribution in [3.63, 3.8) is 0 Å². The van der Waals surface area contributed by atoms with Crippen LogP contribution in [0.25, 0.3) is 16.9 Å². The van der Waals surface area contributed by atoms with Crippen LogP contribution in [0, 0.1) is 0 Å². The molecule has 8 nitrogen and oxygen atoms in total. The number of nitrogens with one attached hydrogen (secondary N) is 2. The van der Waals surface area contributed by atoms with Gasteiger partial charge in [-0.3, -0.25) is 9.20 Å². The van der Waals surface area contributed by atoms with Gasteiger partial charge in [0.1, 0.15) is 10.4 Å². The van der Waals surface area contributed by atoms with Crippen molar-refractivity contribution in [2.24, 2.45) is 5.73 Å². The molecule has 1 aromatic carbocycles. The lowest BCUT2D eigenvalue weighted by Crippen LogP contribution is -2.25. The van der Waals surface area contributed by atoms with Crippen LogP contribution in [0.4, 0.5) is 5.82 Å². The van der Waals surface area contributed by atoms with Crippen LogP contribution >= 0.6 is 15.9 Å². The zero-order chi connectivity index (χ0) is 20.4. The molecule has 0 saturated heterocycles. The first-order valence-electron chi connectivity index (χ1n) is 9.57. The lowest BCUT2D eigenvalue weighted by Gasteiger charge is -2.12. The Morgan fingerprint density at radius 1 is 1.41 bits per heavy atom. The van der Waals surface area contributed by atoms with Gasteiger partial charge in [-0.25, -0.2) is 9.97 Å². The molecule has 9 heteroatoms. The molecule has 2 aromatic heterocycles. The van der Waals surface area contributed by atoms with Crippen molar-refractivity contribution in [1.82, 2.24) is 19.7 Å². The first-order valence-corrected chi connectivity index (χ1v) is 10.4. The molecule has 0 radical (unpaired) electrons. The predicted molar refractivity (Wildman–Crippen MR) is 115 cm³/mol. The van der Waals surface area contributed by atoms with Gasteiger partial charge in [-0.15, -0.1) is 0 Å². The minimum atomic E-state index is -0.0752. The second-order valence-corrected chi connectivity index (χ2v) is 7.79. The van der Waals surface area contributed by atoms with Gasteiger partial charge in [-0.05, 0) is 59.9 Å². The molecule has 4 N–H and O–H groups in total. The van der Waals surface area contributed by atoms with E-state index in [1.54, 1.807) is 19.4 Å². The van der Waals surface area contributed by atoms with Gasteiger partial charge in [-0.1, -0.05) is 0 Å². The summed E-state index contributed by atoms with van der Waals surface area (Å²) in [6.07, 6.45) is 6.57. The lowest BCUT2D eigenvalue weighted by molar-refractivity contribution is 0.0950. The van der Waals surface area contributed by atoms with E-state index in [-0.39, 0.29) is 5.91 Å². The Balaban J connectivity index is 1.71. The number of halogens is 1. The molecular weight excluding hydrogens is 436 g/mol. The molecule has 1 amide bonds. The number of carbonyl (C=O) groups excluding carboxylic acids is 1. The molecule has 0 bridgehead atoms. The number of nitrogens with zero attached hydrogens (tertiary/aromatic N) is 3. The van der Waals surface area contributed by atoms with Crippen LogP contribution in [0.3, 0.4) is 0 Å². The highest BCUT2D eigenvalue weighted by Gasteiger charge is 2.24. The van der Waals surface area contributed by atoms with E-state index < -0.39 is 0 Å². The minimum Gasteiger partial charge on any atom is -0.496 e. The highest BCUT2D eigenvalue weighted by Crippen LogP contribution is 2.33. The molecule has 3 aromatic rings. The summed E-state index contributed by atoms with van der Waals surface area (Å²) in [5.41, 5.74) is 8.55. The van der Waals surface area contributed by atoms with Gasteiger partial charge in [0, 0.05) is 29.9 Å². The van der Waals surface area contributed by atoms with Crippen LogP contribution < -0.4 is 21.1 Å². The van der Waals surface area contributed by atoms with Crippen molar-refractivity contribution >= 4 is 33.3 Å². The zero-order valence-corrected chi connectivity index (χ0v) is 17.7. The van der Waals surface area contributed by atoms with E-state index in [9.17, 15) is 4.79 Å². The first kappa shape index (κ1) is 19.7. The number of hydrogen-bond acceptors (Lipinski definition) is 6. The Morgan fingerprint density at radius 3 is 2.97 bits per heavy atom. The highest BCUT2D eigenvalue weighted by atomic mass is 79.9. The van der Waals surface area contributed by atoms with Crippen molar-refractivity contribution in [1.29, 1.82) is 0 Å². The number of anilines is 1. The van der Waals surface area contributed by atoms with Gasteiger partial charge >= 0.3 is 0 Å². The van der Waals surface area contributed by atoms with Gasteiger partial charge < -0.3 is 21.1 Å². The first-order chi connectivity index (χ1) is 14.1. The number of amides is 1. The van der Waals surface area contributed by atoms with Gasteiger partial charge in [0.05, 0.1) is 19.0 Å². The van der Waals surface area contributed by atoms with Crippen molar-refractivity contribution in [2.45, 2.75) is 25.3 Å². The average Bonchev–Trinajstić information content (AvgIpc) is 3.44. The van der Waals surface area contributed by atoms with Crippen LogP contribution in [-0.2, 0) is 0 Å². The van der Waals surface area contributed by atoms with E-state index in [1.807, 2.05) is 22.7 Å². The molecule has 0 atom stereocenters. The number of carbonyl (C=O) groups is 1. The number of methoxy groups -OCH3 is 1. The largest absolute Gasteiger partial charge is 0.496 e. The van der Waals surface area contributed by atoms with Gasteiger partial charge in [-0.2, -0.15) is 0 Å². The lowest BCUT2D eigenvalue weighted by atomic mass is 10.1. The molecule has 152 valence electrons. The smallest absolute Gasteiger partial charge is 0.251 e. The minimum absolute atomic E-state index is 0.0752. The number of ether oxygens (including phenoxy) is 1. The molecule has 1 aliphatic carbocycles. The zero-order valence-electron chi connectivity index (χ0n) is 16.1. The maximum atomic E-state index is 12.4. The number of benzene rings is 1. The fraction of sp³-hybridized carbons (Fsp3) is 0.350. The summed E-state index contributed by atoms with van der Waals surface area (Å²) in [5.74, 6) is 1.22. The Bertz CT molecular complexity index is 1050. The summed E-state index contributed by atoms with van der Waals surface area (Å²) in [5, 5.41) is 6.28. The second kappa shape index (κ2) is 8.38. The number of imidazole rings is 1. The van der Waals surface area contributed by atoms with E-state index >= 15 is 0 Å². The Morgan fingerprint density at radius 2 is 2.24 bits per heavy atom. The van der Waals surface area contributed by atoms with Crippen LogP contribution in [0.2, 0.25) is 0 Å². The Kier molecular flexibility index (Phi) is 5.68. The fourth-order valence-electron chi connectivity index (χ4n) is 3.13. The maximum absolute atomic E-state index is 12.4. The topological polar surface area (TPSA) is 107 Å². The third kappa shape index (κ3) is 4.20. The molecule has 1 aliphatic rings. The molecule has 2 heterocycles. The summed E-state index contributed by atoms with van der Waals surface area (Å²) in [7, 11) is 1.60. The molecular formula is C20H23BrN6O2. The number of nitrogens with two attached hydrogens (primary N) is 1. The molecule has 0 spiro atoms. The average molecular weight is 459 g/mol. The van der Waals surface area contributed by atoms with Gasteiger partial charge in [0.2, 0.25) is 0 Å². The van der Waals surface area contributed by atoms with E-state index in [0.717, 1.165) is 30.5 Å². The fourth-order valence-corrected chi connectivity index (χ4v) is 3.51. The Labute approximate surface area is 177 Å². The van der Waals surface area contributed by atoms with Crippen molar-refractivity contribution in [3.05, 3.63) is 40.8 Å². The molecule has 1 saturated carbocycles. The summed E-state index contributed by atoms with van der Waals surface area (Å²) in [6, 6.07) is 5.77. The van der Waals surface area contributed by atoms with Crippen LogP contribution in [0.15, 0.2) is 35.2 Å². The number of aromatic nitrogens is 3. The second-order valence-electron chi connectivity index (χ2n) is 6.98. The molecule has 1 fully saturated rings. The van der Waals surface area contributed by atoms with Gasteiger partial charge in [0.15, 0.2) is 11.5 Å². The number of rotatable bonds is 8. The predicted octanol–water partition coefficient (Wildman–Crippen LogP) is 2.82. The van der Waals surface area contributed by atoms with E-state index in [0.29, 0.717) is 46.5 Å². The van der Waals surface area contributed by atoms with Crippen molar-refractivity contribution < 1.29 is 9.53 Å². The van der Waals surface area contributed by atoms with Crippen molar-refractivity contribution in [3.8, 4) is 17.0 Å². The number of hydrogen-bond donors (Lipinski definition) is 3. The summed E-state index contributed by atoms with van der Waals surface area (Å²) in [4.78, 5) is 21.4.